The summed E-state index contributed by atoms with van der Waals surface area (Å²) in [5.74, 6) is -0.185. The lowest BCUT2D eigenvalue weighted by Gasteiger charge is -2.18. The van der Waals surface area contributed by atoms with Gasteiger partial charge in [-0.3, -0.25) is 9.88 Å². The fraction of sp³-hybridized carbons (Fsp3) is 0.400. The molecule has 1 rings (SSSR count). The van der Waals surface area contributed by atoms with E-state index in [4.69, 9.17) is 10.9 Å². The molecule has 8 heteroatoms. The van der Waals surface area contributed by atoms with E-state index < -0.39 is 12.7 Å². The third-order valence-corrected chi connectivity index (χ3v) is 2.10. The quantitative estimate of drug-likeness (QED) is 0.370. The number of nitrogens with two attached hydrogens (primary N) is 1. The number of aromatic nitrogens is 1. The Hall–Kier alpha value is -1.83. The predicted molar refractivity (Wildman–Crippen MR) is 59.1 cm³/mol. The molecular formula is C10H13F3N4O. The van der Waals surface area contributed by atoms with Gasteiger partial charge in [0.1, 0.15) is 5.69 Å². The second-order valence-corrected chi connectivity index (χ2v) is 3.82. The number of nitrogens with zero attached hydrogens (tertiary/aromatic N) is 3. The van der Waals surface area contributed by atoms with E-state index in [9.17, 15) is 13.2 Å². The summed E-state index contributed by atoms with van der Waals surface area (Å²) in [4.78, 5) is 4.95. The van der Waals surface area contributed by atoms with Crippen LogP contribution in [0.25, 0.3) is 0 Å². The van der Waals surface area contributed by atoms with E-state index in [1.807, 2.05) is 0 Å². The Morgan fingerprint density at radius 3 is 2.78 bits per heavy atom. The highest BCUT2D eigenvalue weighted by Crippen LogP contribution is 2.17. The molecule has 0 aliphatic rings. The molecule has 1 aromatic heterocycles. The van der Waals surface area contributed by atoms with E-state index in [2.05, 4.69) is 10.1 Å². The topological polar surface area (TPSA) is 74.7 Å². The first-order valence-electron chi connectivity index (χ1n) is 5.00. The van der Waals surface area contributed by atoms with Crippen molar-refractivity contribution in [2.24, 2.45) is 10.9 Å². The minimum atomic E-state index is -4.24. The number of rotatable bonds is 4. The Kier molecular flexibility index (Phi) is 4.49. The van der Waals surface area contributed by atoms with Gasteiger partial charge in [-0.15, -0.1) is 0 Å². The molecule has 0 amide bonds. The highest BCUT2D eigenvalue weighted by Gasteiger charge is 2.29. The molecule has 1 heterocycles. The lowest BCUT2D eigenvalue weighted by molar-refractivity contribution is -0.144. The van der Waals surface area contributed by atoms with Crippen LogP contribution in [-0.4, -0.2) is 40.7 Å². The van der Waals surface area contributed by atoms with Gasteiger partial charge in [0.15, 0.2) is 5.84 Å². The minimum Gasteiger partial charge on any atom is -0.409 e. The van der Waals surface area contributed by atoms with Crippen LogP contribution in [0.2, 0.25) is 0 Å². The lowest BCUT2D eigenvalue weighted by atomic mass is 10.2. The number of hydrogen-bond acceptors (Lipinski definition) is 4. The van der Waals surface area contributed by atoms with Gasteiger partial charge in [0.2, 0.25) is 0 Å². The van der Waals surface area contributed by atoms with Gasteiger partial charge < -0.3 is 10.9 Å². The Morgan fingerprint density at radius 1 is 1.56 bits per heavy atom. The van der Waals surface area contributed by atoms with Crippen molar-refractivity contribution >= 4 is 5.84 Å². The molecule has 0 radical (unpaired) electrons. The molecule has 18 heavy (non-hydrogen) atoms. The van der Waals surface area contributed by atoms with Crippen LogP contribution in [0, 0.1) is 0 Å². The lowest BCUT2D eigenvalue weighted by Crippen LogP contribution is -2.30. The van der Waals surface area contributed by atoms with Crippen LogP contribution < -0.4 is 5.73 Å². The van der Waals surface area contributed by atoms with Gasteiger partial charge in [0, 0.05) is 12.7 Å². The van der Waals surface area contributed by atoms with Gasteiger partial charge in [0.25, 0.3) is 0 Å². The van der Waals surface area contributed by atoms with Crippen molar-refractivity contribution in [1.29, 1.82) is 0 Å². The Bertz CT molecular complexity index is 433. The van der Waals surface area contributed by atoms with Crippen molar-refractivity contribution in [2.45, 2.75) is 12.7 Å². The Morgan fingerprint density at radius 2 is 2.22 bits per heavy atom. The van der Waals surface area contributed by atoms with Crippen LogP contribution in [0.1, 0.15) is 11.3 Å². The standard InChI is InChI=1S/C10H13F3N4O/c1-17(6-10(11,12)13)5-7-2-3-15-8(4-7)9(14)16-18/h2-4,18H,5-6H2,1H3,(H2,14,16). The Labute approximate surface area is 102 Å². The molecule has 0 spiro atoms. The van der Waals surface area contributed by atoms with E-state index in [1.54, 1.807) is 6.07 Å². The predicted octanol–water partition coefficient (Wildman–Crippen LogP) is 1.17. The molecule has 0 unspecified atom stereocenters. The first-order chi connectivity index (χ1) is 8.31. The molecule has 0 bridgehead atoms. The van der Waals surface area contributed by atoms with Crippen LogP contribution in [-0.2, 0) is 6.54 Å². The maximum Gasteiger partial charge on any atom is 0.401 e. The van der Waals surface area contributed by atoms with Gasteiger partial charge in [-0.25, -0.2) is 0 Å². The Balaban J connectivity index is 2.74. The average Bonchev–Trinajstić information content (AvgIpc) is 2.25. The summed E-state index contributed by atoms with van der Waals surface area (Å²) in [6.45, 7) is -0.915. The molecule has 0 aromatic carbocycles. The van der Waals surface area contributed by atoms with Crippen molar-refractivity contribution in [3.05, 3.63) is 29.6 Å². The first kappa shape index (κ1) is 14.2. The average molecular weight is 262 g/mol. The molecule has 0 saturated carbocycles. The van der Waals surface area contributed by atoms with Crippen LogP contribution in [0.5, 0.6) is 0 Å². The minimum absolute atomic E-state index is 0.0910. The van der Waals surface area contributed by atoms with E-state index in [-0.39, 0.29) is 18.1 Å². The second-order valence-electron chi connectivity index (χ2n) is 3.82. The van der Waals surface area contributed by atoms with E-state index >= 15 is 0 Å². The number of oxime groups is 1. The van der Waals surface area contributed by atoms with Crippen LogP contribution in [0.15, 0.2) is 23.5 Å². The summed E-state index contributed by atoms with van der Waals surface area (Å²) in [6, 6.07) is 3.04. The maximum atomic E-state index is 12.1. The molecule has 0 atom stereocenters. The third kappa shape index (κ3) is 4.58. The maximum absolute atomic E-state index is 12.1. The zero-order valence-corrected chi connectivity index (χ0v) is 9.65. The van der Waals surface area contributed by atoms with E-state index in [0.717, 1.165) is 4.90 Å². The summed E-state index contributed by atoms with van der Waals surface area (Å²) < 4.78 is 36.4. The number of amidine groups is 1. The van der Waals surface area contributed by atoms with Crippen LogP contribution in [0.4, 0.5) is 13.2 Å². The molecule has 0 fully saturated rings. The molecule has 1 aromatic rings. The van der Waals surface area contributed by atoms with Crippen LogP contribution >= 0.6 is 0 Å². The molecule has 3 N–H and O–H groups in total. The van der Waals surface area contributed by atoms with Gasteiger partial charge >= 0.3 is 6.18 Å². The third-order valence-electron chi connectivity index (χ3n) is 2.10. The summed E-state index contributed by atoms with van der Waals surface area (Å²) in [5.41, 5.74) is 6.15. The van der Waals surface area contributed by atoms with E-state index in [0.29, 0.717) is 5.56 Å². The van der Waals surface area contributed by atoms with E-state index in [1.165, 1.54) is 19.3 Å². The van der Waals surface area contributed by atoms with Crippen LogP contribution in [0.3, 0.4) is 0 Å². The van der Waals surface area contributed by atoms with Crippen molar-refractivity contribution < 1.29 is 18.4 Å². The first-order valence-corrected chi connectivity index (χ1v) is 5.00. The smallest absolute Gasteiger partial charge is 0.401 e. The molecule has 5 nitrogen and oxygen atoms in total. The summed E-state index contributed by atoms with van der Waals surface area (Å²) in [7, 11) is 1.36. The molecule has 100 valence electrons. The summed E-state index contributed by atoms with van der Waals surface area (Å²) >= 11 is 0. The van der Waals surface area contributed by atoms with Crippen molar-refractivity contribution in [2.75, 3.05) is 13.6 Å². The summed E-state index contributed by atoms with van der Waals surface area (Å²) in [6.07, 6.45) is -2.85. The second kappa shape index (κ2) is 5.67. The highest BCUT2D eigenvalue weighted by molar-refractivity contribution is 5.95. The molecule has 0 aliphatic heterocycles. The highest BCUT2D eigenvalue weighted by atomic mass is 19.4. The molecule has 0 saturated heterocycles. The largest absolute Gasteiger partial charge is 0.409 e. The zero-order valence-electron chi connectivity index (χ0n) is 9.65. The fourth-order valence-electron chi connectivity index (χ4n) is 1.44. The van der Waals surface area contributed by atoms with Gasteiger partial charge in [-0.2, -0.15) is 13.2 Å². The normalized spacial score (nSPS) is 13.1. The molecule has 0 aliphatic carbocycles. The number of alkyl halides is 3. The summed E-state index contributed by atoms with van der Waals surface area (Å²) in [5, 5.41) is 11.3. The van der Waals surface area contributed by atoms with Crippen molar-refractivity contribution in [1.82, 2.24) is 9.88 Å². The zero-order chi connectivity index (χ0) is 13.8. The number of hydrogen-bond donors (Lipinski definition) is 2. The van der Waals surface area contributed by atoms with Gasteiger partial charge in [-0.05, 0) is 24.7 Å². The van der Waals surface area contributed by atoms with Gasteiger partial charge in [-0.1, -0.05) is 5.16 Å². The SMILES string of the molecule is CN(Cc1ccnc(C(N)=NO)c1)CC(F)(F)F. The number of halogens is 3. The number of pyridine rings is 1. The van der Waals surface area contributed by atoms with Crippen molar-refractivity contribution in [3.63, 3.8) is 0 Å². The van der Waals surface area contributed by atoms with Gasteiger partial charge in [0.05, 0.1) is 6.54 Å². The molecular weight excluding hydrogens is 249 g/mol. The van der Waals surface area contributed by atoms with Crippen molar-refractivity contribution in [3.8, 4) is 0 Å². The monoisotopic (exact) mass is 262 g/mol. The fourth-order valence-corrected chi connectivity index (χ4v) is 1.44.